The van der Waals surface area contributed by atoms with E-state index in [-0.39, 0.29) is 18.2 Å². The van der Waals surface area contributed by atoms with Crippen LogP contribution in [-0.4, -0.2) is 29.3 Å². The maximum Gasteiger partial charge on any atom is 0.242 e. The Labute approximate surface area is 180 Å². The van der Waals surface area contributed by atoms with Gasteiger partial charge < -0.3 is 10.2 Å². The van der Waals surface area contributed by atoms with Gasteiger partial charge in [-0.25, -0.2) is 0 Å². The molecule has 0 aromatic heterocycles. The Bertz CT molecular complexity index is 846. The number of benzene rings is 2. The molecule has 4 heteroatoms. The molecule has 2 aromatic carbocycles. The Balaban J connectivity index is 1.63. The molecular weight excluding hydrogens is 372 g/mol. The smallest absolute Gasteiger partial charge is 0.242 e. The van der Waals surface area contributed by atoms with E-state index in [2.05, 4.69) is 11.4 Å². The number of nitrogens with zero attached hydrogens (tertiary/aromatic N) is 1. The summed E-state index contributed by atoms with van der Waals surface area (Å²) in [6, 6.07) is 19.0. The van der Waals surface area contributed by atoms with Crippen molar-refractivity contribution >= 4 is 11.8 Å². The summed E-state index contributed by atoms with van der Waals surface area (Å²) in [5, 5.41) is 3.04. The Morgan fingerprint density at radius 1 is 0.967 bits per heavy atom. The van der Waals surface area contributed by atoms with Crippen molar-refractivity contribution in [2.24, 2.45) is 0 Å². The molecule has 0 saturated carbocycles. The minimum atomic E-state index is -0.526. The van der Waals surface area contributed by atoms with Gasteiger partial charge in [0, 0.05) is 13.1 Å². The summed E-state index contributed by atoms with van der Waals surface area (Å²) in [7, 11) is 0. The highest BCUT2D eigenvalue weighted by atomic mass is 16.2. The van der Waals surface area contributed by atoms with E-state index >= 15 is 0 Å². The van der Waals surface area contributed by atoms with E-state index in [1.165, 1.54) is 18.4 Å². The molecule has 1 aliphatic rings. The van der Waals surface area contributed by atoms with Gasteiger partial charge in [0.25, 0.3) is 0 Å². The van der Waals surface area contributed by atoms with Crippen LogP contribution in [0.1, 0.15) is 50.2 Å². The molecule has 30 heavy (non-hydrogen) atoms. The maximum atomic E-state index is 13.1. The van der Waals surface area contributed by atoms with Crippen LogP contribution in [0.5, 0.6) is 0 Å². The lowest BCUT2D eigenvalue weighted by Gasteiger charge is -2.29. The zero-order valence-corrected chi connectivity index (χ0v) is 17.8. The predicted octanol–water partition coefficient (Wildman–Crippen LogP) is 4.65. The molecule has 1 aliphatic carbocycles. The third kappa shape index (κ3) is 6.58. The van der Waals surface area contributed by atoms with Crippen LogP contribution in [0, 0.1) is 0 Å². The summed E-state index contributed by atoms with van der Waals surface area (Å²) in [5.74, 6) is -0.133. The van der Waals surface area contributed by atoms with E-state index in [9.17, 15) is 9.59 Å². The Kier molecular flexibility index (Phi) is 8.25. The van der Waals surface area contributed by atoms with E-state index in [0.717, 1.165) is 30.4 Å². The van der Waals surface area contributed by atoms with Gasteiger partial charge in [-0.3, -0.25) is 9.59 Å². The van der Waals surface area contributed by atoms with Crippen LogP contribution < -0.4 is 5.32 Å². The van der Waals surface area contributed by atoms with Crippen molar-refractivity contribution in [1.82, 2.24) is 10.2 Å². The molecule has 2 aromatic rings. The number of amides is 2. The summed E-state index contributed by atoms with van der Waals surface area (Å²) < 4.78 is 0. The van der Waals surface area contributed by atoms with Crippen molar-refractivity contribution < 1.29 is 9.59 Å². The molecule has 0 fully saturated rings. The lowest BCUT2D eigenvalue weighted by molar-refractivity contribution is -0.140. The second kappa shape index (κ2) is 11.3. The van der Waals surface area contributed by atoms with E-state index in [1.807, 2.05) is 67.6 Å². The summed E-state index contributed by atoms with van der Waals surface area (Å²) >= 11 is 0. The van der Waals surface area contributed by atoms with Gasteiger partial charge in [0.15, 0.2) is 0 Å². The second-order valence-corrected chi connectivity index (χ2v) is 7.99. The number of carbonyl (C=O) groups is 2. The molecule has 0 heterocycles. The highest BCUT2D eigenvalue weighted by Gasteiger charge is 2.26. The van der Waals surface area contributed by atoms with Crippen LogP contribution in [0.25, 0.3) is 0 Å². The molecule has 0 bridgehead atoms. The van der Waals surface area contributed by atoms with Crippen molar-refractivity contribution in [2.75, 3.05) is 6.54 Å². The van der Waals surface area contributed by atoms with Crippen LogP contribution in [0.3, 0.4) is 0 Å². The van der Waals surface area contributed by atoms with Crippen LogP contribution >= 0.6 is 0 Å². The van der Waals surface area contributed by atoms with Crippen LogP contribution in [0.4, 0.5) is 0 Å². The summed E-state index contributed by atoms with van der Waals surface area (Å²) in [5.41, 5.74) is 3.42. The predicted molar refractivity (Wildman–Crippen MR) is 121 cm³/mol. The van der Waals surface area contributed by atoms with Gasteiger partial charge in [0.05, 0.1) is 6.42 Å². The molecule has 1 N–H and O–H groups in total. The molecule has 2 amide bonds. The number of carbonyl (C=O) groups excluding carboxylic acids is 2. The lowest BCUT2D eigenvalue weighted by atomic mass is 9.97. The number of rotatable bonds is 9. The van der Waals surface area contributed by atoms with E-state index in [0.29, 0.717) is 13.1 Å². The van der Waals surface area contributed by atoms with E-state index in [4.69, 9.17) is 0 Å². The average molecular weight is 405 g/mol. The summed E-state index contributed by atoms with van der Waals surface area (Å²) in [6.45, 7) is 2.87. The van der Waals surface area contributed by atoms with Crippen LogP contribution in [-0.2, 0) is 22.6 Å². The fraction of sp³-hybridized carbons (Fsp3) is 0.385. The first-order chi connectivity index (χ1) is 14.6. The van der Waals surface area contributed by atoms with Gasteiger partial charge in [-0.05, 0) is 50.2 Å². The lowest BCUT2D eigenvalue weighted by Crippen LogP contribution is -2.48. The monoisotopic (exact) mass is 404 g/mol. The third-order valence-electron chi connectivity index (χ3n) is 5.69. The minimum absolute atomic E-state index is 0.0392. The summed E-state index contributed by atoms with van der Waals surface area (Å²) in [4.78, 5) is 27.7. The maximum absolute atomic E-state index is 13.1. The SMILES string of the molecule is C[C@H](C(=O)NCCC1=CCCCC1)N(Cc1ccccc1)C(=O)Cc1ccccc1. The van der Waals surface area contributed by atoms with Crippen molar-refractivity contribution in [3.8, 4) is 0 Å². The van der Waals surface area contributed by atoms with Crippen molar-refractivity contribution in [1.29, 1.82) is 0 Å². The van der Waals surface area contributed by atoms with Gasteiger partial charge in [-0.1, -0.05) is 72.3 Å². The fourth-order valence-corrected chi connectivity index (χ4v) is 3.86. The minimum Gasteiger partial charge on any atom is -0.354 e. The molecule has 0 saturated heterocycles. The van der Waals surface area contributed by atoms with Gasteiger partial charge in [0.1, 0.15) is 6.04 Å². The zero-order chi connectivity index (χ0) is 21.2. The molecule has 0 unspecified atom stereocenters. The van der Waals surface area contributed by atoms with E-state index < -0.39 is 6.04 Å². The highest BCUT2D eigenvalue weighted by molar-refractivity contribution is 5.88. The zero-order valence-electron chi connectivity index (χ0n) is 17.8. The van der Waals surface area contributed by atoms with Crippen LogP contribution in [0.15, 0.2) is 72.3 Å². The Morgan fingerprint density at radius 3 is 2.27 bits per heavy atom. The van der Waals surface area contributed by atoms with Gasteiger partial charge in [-0.2, -0.15) is 0 Å². The standard InChI is InChI=1S/C26H32N2O2/c1-21(26(30)27-18-17-22-11-5-2-6-12-22)28(20-24-15-9-4-10-16-24)25(29)19-23-13-7-3-8-14-23/h3-4,7-11,13-16,21H,2,5-6,12,17-20H2,1H3,(H,27,30)/t21-/m1/s1. The Morgan fingerprint density at radius 2 is 1.63 bits per heavy atom. The molecule has 0 spiro atoms. The van der Waals surface area contributed by atoms with Gasteiger partial charge >= 0.3 is 0 Å². The molecule has 158 valence electrons. The number of hydrogen-bond acceptors (Lipinski definition) is 2. The van der Waals surface area contributed by atoms with E-state index in [1.54, 1.807) is 4.90 Å². The van der Waals surface area contributed by atoms with Crippen molar-refractivity contribution in [3.63, 3.8) is 0 Å². The number of hydrogen-bond donors (Lipinski definition) is 1. The normalized spacial score (nSPS) is 14.5. The van der Waals surface area contributed by atoms with Gasteiger partial charge in [-0.15, -0.1) is 0 Å². The van der Waals surface area contributed by atoms with Crippen LogP contribution in [0.2, 0.25) is 0 Å². The van der Waals surface area contributed by atoms with Crippen molar-refractivity contribution in [3.05, 3.63) is 83.4 Å². The molecule has 4 nitrogen and oxygen atoms in total. The largest absolute Gasteiger partial charge is 0.354 e. The average Bonchev–Trinajstić information content (AvgIpc) is 2.79. The Hall–Kier alpha value is -2.88. The third-order valence-corrected chi connectivity index (χ3v) is 5.69. The first kappa shape index (κ1) is 21.8. The second-order valence-electron chi connectivity index (χ2n) is 7.99. The summed E-state index contributed by atoms with van der Waals surface area (Å²) in [6.07, 6.45) is 8.30. The molecule has 3 rings (SSSR count). The molecule has 0 aliphatic heterocycles. The highest BCUT2D eigenvalue weighted by Crippen LogP contribution is 2.19. The first-order valence-electron chi connectivity index (χ1n) is 11.0. The molecular formula is C26H32N2O2. The van der Waals surface area contributed by atoms with Crippen molar-refractivity contribution in [2.45, 2.75) is 58.0 Å². The topological polar surface area (TPSA) is 49.4 Å². The number of allylic oxidation sites excluding steroid dienone is 1. The first-order valence-corrected chi connectivity index (χ1v) is 11.0. The van der Waals surface area contributed by atoms with Gasteiger partial charge in [0.2, 0.25) is 11.8 Å². The quantitative estimate of drug-likeness (QED) is 0.618. The fourth-order valence-electron chi connectivity index (χ4n) is 3.86. The number of nitrogens with one attached hydrogen (secondary N) is 1. The molecule has 0 radical (unpaired) electrons. The molecule has 1 atom stereocenters.